The van der Waals surface area contributed by atoms with Crippen molar-refractivity contribution in [3.8, 4) is 0 Å². The molecule has 2 aliphatic rings. The molecule has 6 nitrogen and oxygen atoms in total. The number of likely N-dealkylation sites (tertiary alicyclic amines) is 1. The zero-order valence-corrected chi connectivity index (χ0v) is 19.0. The van der Waals surface area contributed by atoms with Crippen LogP contribution in [0.4, 0.5) is 4.79 Å². The lowest BCUT2D eigenvalue weighted by Crippen LogP contribution is -2.47. The molecule has 4 amide bonds. The van der Waals surface area contributed by atoms with Crippen LogP contribution < -0.4 is 5.32 Å². The van der Waals surface area contributed by atoms with Crippen molar-refractivity contribution in [3.63, 3.8) is 0 Å². The molecular weight excluding hydrogens is 426 g/mol. The van der Waals surface area contributed by atoms with Gasteiger partial charge in [0, 0.05) is 18.1 Å². The van der Waals surface area contributed by atoms with E-state index in [2.05, 4.69) is 17.4 Å². The summed E-state index contributed by atoms with van der Waals surface area (Å²) >= 11 is 5.98. The molecule has 0 bridgehead atoms. The molecule has 0 unspecified atom stereocenters. The highest BCUT2D eigenvalue weighted by Crippen LogP contribution is 2.33. The Morgan fingerprint density at radius 3 is 2.34 bits per heavy atom. The van der Waals surface area contributed by atoms with Crippen LogP contribution in [0.1, 0.15) is 37.3 Å². The molecule has 2 saturated heterocycles. The number of hydrogen-bond acceptors (Lipinski definition) is 3. The topological polar surface area (TPSA) is 69.7 Å². The Kier molecular flexibility index (Phi) is 6.51. The molecular formula is C25H28ClN3O3. The second-order valence-corrected chi connectivity index (χ2v) is 9.04. The largest absolute Gasteiger partial charge is 0.341 e. The van der Waals surface area contributed by atoms with Gasteiger partial charge in [-0.25, -0.2) is 4.79 Å². The average molecular weight is 454 g/mol. The van der Waals surface area contributed by atoms with Crippen LogP contribution in [-0.4, -0.2) is 47.3 Å². The fraction of sp³-hybridized carbons (Fsp3) is 0.400. The van der Waals surface area contributed by atoms with E-state index in [1.165, 1.54) is 5.56 Å². The average Bonchev–Trinajstić information content (AvgIpc) is 3.06. The lowest BCUT2D eigenvalue weighted by atomic mass is 9.87. The number of imide groups is 1. The second kappa shape index (κ2) is 9.33. The molecule has 2 aliphatic heterocycles. The maximum Gasteiger partial charge on any atom is 0.325 e. The predicted octanol–water partition coefficient (Wildman–Crippen LogP) is 3.98. The normalized spacial score (nSPS) is 21.7. The molecule has 4 rings (SSSR count). The van der Waals surface area contributed by atoms with Gasteiger partial charge in [0.25, 0.3) is 5.91 Å². The van der Waals surface area contributed by atoms with Crippen LogP contribution in [0.3, 0.4) is 0 Å². The first-order valence-electron chi connectivity index (χ1n) is 11.1. The van der Waals surface area contributed by atoms with Crippen LogP contribution in [0.2, 0.25) is 5.02 Å². The van der Waals surface area contributed by atoms with Crippen molar-refractivity contribution >= 4 is 29.4 Å². The summed E-state index contributed by atoms with van der Waals surface area (Å²) in [6.45, 7) is 2.91. The van der Waals surface area contributed by atoms with Crippen LogP contribution in [0, 0.1) is 5.92 Å². The van der Waals surface area contributed by atoms with Crippen LogP contribution in [0.15, 0.2) is 54.6 Å². The SMILES string of the molecule is CC[C@]1(c2ccc(Cl)cc2)NC(=O)N(CC(=O)N2CCC(Cc3ccccc3)CC2)C1=O. The highest BCUT2D eigenvalue weighted by atomic mass is 35.5. The number of amides is 4. The third kappa shape index (κ3) is 4.37. The standard InChI is InChI=1S/C25H28ClN3O3/c1-2-25(20-8-10-21(26)11-9-20)23(31)29(24(32)27-25)17-22(30)28-14-12-19(13-15-28)16-18-6-4-3-5-7-18/h3-11,19H,2,12-17H2,1H3,(H,27,32)/t25-/m1/s1. The smallest absolute Gasteiger partial charge is 0.325 e. The van der Waals surface area contributed by atoms with Crippen LogP contribution >= 0.6 is 11.6 Å². The monoisotopic (exact) mass is 453 g/mol. The summed E-state index contributed by atoms with van der Waals surface area (Å²) in [5, 5.41) is 3.37. The number of hydrogen-bond donors (Lipinski definition) is 1. The van der Waals surface area contributed by atoms with Gasteiger partial charge in [-0.3, -0.25) is 14.5 Å². The molecule has 1 N–H and O–H groups in total. The quantitative estimate of drug-likeness (QED) is 0.672. The Morgan fingerprint density at radius 2 is 1.72 bits per heavy atom. The van der Waals surface area contributed by atoms with E-state index in [9.17, 15) is 14.4 Å². The Balaban J connectivity index is 1.37. The van der Waals surface area contributed by atoms with Gasteiger partial charge in [-0.05, 0) is 54.9 Å². The second-order valence-electron chi connectivity index (χ2n) is 8.60. The van der Waals surface area contributed by atoms with Crippen LogP contribution in [0.25, 0.3) is 0 Å². The summed E-state index contributed by atoms with van der Waals surface area (Å²) in [5.41, 5.74) is 0.819. The molecule has 1 atom stereocenters. The predicted molar refractivity (Wildman–Crippen MR) is 123 cm³/mol. The van der Waals surface area contributed by atoms with E-state index in [0.717, 1.165) is 24.2 Å². The molecule has 2 heterocycles. The van der Waals surface area contributed by atoms with Crippen LogP contribution in [-0.2, 0) is 21.5 Å². The first-order valence-corrected chi connectivity index (χ1v) is 11.5. The summed E-state index contributed by atoms with van der Waals surface area (Å²) < 4.78 is 0. The van der Waals surface area contributed by atoms with Crippen LogP contribution in [0.5, 0.6) is 0 Å². The van der Waals surface area contributed by atoms with Gasteiger partial charge in [0.2, 0.25) is 5.91 Å². The number of carbonyl (C=O) groups is 3. The van der Waals surface area contributed by atoms with Crippen molar-refractivity contribution in [3.05, 3.63) is 70.7 Å². The third-order valence-electron chi connectivity index (χ3n) is 6.67. The molecule has 32 heavy (non-hydrogen) atoms. The molecule has 0 aliphatic carbocycles. The third-order valence-corrected chi connectivity index (χ3v) is 6.92. The molecule has 168 valence electrons. The van der Waals surface area contributed by atoms with Gasteiger partial charge in [0.05, 0.1) is 0 Å². The molecule has 0 radical (unpaired) electrons. The maximum atomic E-state index is 13.3. The van der Waals surface area contributed by atoms with E-state index in [1.54, 1.807) is 29.2 Å². The molecule has 0 aromatic heterocycles. The Hall–Kier alpha value is -2.86. The fourth-order valence-electron chi connectivity index (χ4n) is 4.71. The van der Waals surface area contributed by atoms with Crippen molar-refractivity contribution in [2.75, 3.05) is 19.6 Å². The number of piperidine rings is 1. The van der Waals surface area contributed by atoms with Gasteiger partial charge in [0.15, 0.2) is 0 Å². The molecule has 2 fully saturated rings. The van der Waals surface area contributed by atoms with Gasteiger partial charge in [-0.2, -0.15) is 0 Å². The van der Waals surface area contributed by atoms with Gasteiger partial charge >= 0.3 is 6.03 Å². The Labute approximate surface area is 193 Å². The maximum absolute atomic E-state index is 13.3. The number of rotatable bonds is 6. The van der Waals surface area contributed by atoms with Crippen molar-refractivity contribution in [1.82, 2.24) is 15.1 Å². The molecule has 0 spiro atoms. The van der Waals surface area contributed by atoms with Gasteiger partial charge < -0.3 is 10.2 Å². The van der Waals surface area contributed by atoms with E-state index in [1.807, 2.05) is 25.1 Å². The van der Waals surface area contributed by atoms with E-state index < -0.39 is 11.6 Å². The van der Waals surface area contributed by atoms with Crippen molar-refractivity contribution in [2.45, 2.75) is 38.1 Å². The van der Waals surface area contributed by atoms with Crippen molar-refractivity contribution in [2.24, 2.45) is 5.92 Å². The van der Waals surface area contributed by atoms with Crippen molar-refractivity contribution < 1.29 is 14.4 Å². The van der Waals surface area contributed by atoms with Gasteiger partial charge in [0.1, 0.15) is 12.1 Å². The lowest BCUT2D eigenvalue weighted by molar-refractivity contribution is -0.140. The number of carbonyl (C=O) groups excluding carboxylic acids is 3. The summed E-state index contributed by atoms with van der Waals surface area (Å²) in [6, 6.07) is 16.7. The molecule has 2 aromatic carbocycles. The highest BCUT2D eigenvalue weighted by Gasteiger charge is 2.51. The van der Waals surface area contributed by atoms with E-state index in [4.69, 9.17) is 11.6 Å². The first kappa shape index (κ1) is 22.3. The summed E-state index contributed by atoms with van der Waals surface area (Å²) in [5.74, 6) is -0.0369. The Morgan fingerprint density at radius 1 is 1.06 bits per heavy atom. The zero-order chi connectivity index (χ0) is 22.7. The number of nitrogens with zero attached hydrogens (tertiary/aromatic N) is 2. The summed E-state index contributed by atoms with van der Waals surface area (Å²) in [4.78, 5) is 41.7. The van der Waals surface area contributed by atoms with Gasteiger partial charge in [-0.15, -0.1) is 0 Å². The minimum Gasteiger partial charge on any atom is -0.341 e. The first-order chi connectivity index (χ1) is 15.4. The zero-order valence-electron chi connectivity index (χ0n) is 18.2. The lowest BCUT2D eigenvalue weighted by Gasteiger charge is -2.33. The highest BCUT2D eigenvalue weighted by molar-refractivity contribution is 6.30. The van der Waals surface area contributed by atoms with E-state index in [0.29, 0.717) is 36.0 Å². The molecule has 7 heteroatoms. The van der Waals surface area contributed by atoms with Crippen molar-refractivity contribution in [1.29, 1.82) is 0 Å². The fourth-order valence-corrected chi connectivity index (χ4v) is 4.84. The number of halogens is 1. The number of benzene rings is 2. The van der Waals surface area contributed by atoms with E-state index in [-0.39, 0.29) is 18.4 Å². The Bertz CT molecular complexity index is 987. The molecule has 0 saturated carbocycles. The van der Waals surface area contributed by atoms with Gasteiger partial charge in [-0.1, -0.05) is 61.0 Å². The minimum absolute atomic E-state index is 0.185. The van der Waals surface area contributed by atoms with E-state index >= 15 is 0 Å². The minimum atomic E-state index is -1.16. The number of nitrogens with one attached hydrogen (secondary N) is 1. The summed E-state index contributed by atoms with van der Waals surface area (Å²) in [7, 11) is 0. The summed E-state index contributed by atoms with van der Waals surface area (Å²) in [6.07, 6.45) is 3.24. The number of urea groups is 1. The molecule has 2 aromatic rings.